The molecule has 4 atom stereocenters. The molecule has 0 aromatic carbocycles. The Bertz CT molecular complexity index is 865. The third-order valence-electron chi connectivity index (χ3n) is 6.05. The second-order valence-corrected chi connectivity index (χ2v) is 16.2. The molecular weight excluding hydrogens is 529 g/mol. The monoisotopic (exact) mass is 563 g/mol. The number of aromatic nitrogens is 2. The van der Waals surface area contributed by atoms with Gasteiger partial charge in [0.25, 0.3) is 0 Å². The van der Waals surface area contributed by atoms with Crippen molar-refractivity contribution >= 4 is 42.9 Å². The van der Waals surface area contributed by atoms with Gasteiger partial charge >= 0.3 is 14.3 Å². The van der Waals surface area contributed by atoms with Crippen LogP contribution in [0.1, 0.15) is 61.1 Å². The van der Waals surface area contributed by atoms with Gasteiger partial charge in [-0.15, -0.1) is 0 Å². The van der Waals surface area contributed by atoms with Gasteiger partial charge < -0.3 is 18.9 Å². The first-order valence-corrected chi connectivity index (χ1v) is 14.0. The zero-order valence-electron chi connectivity index (χ0n) is 19.4. The van der Waals surface area contributed by atoms with Crippen LogP contribution >= 0.6 is 22.6 Å². The number of fused-ring (bicyclic) bond motifs is 1. The molecule has 0 saturated carbocycles. The number of hydrogen-bond acceptors (Lipinski definition) is 6. The minimum atomic E-state index is -2.65. The van der Waals surface area contributed by atoms with E-state index in [1.165, 1.54) is 11.5 Å². The van der Waals surface area contributed by atoms with Gasteiger partial charge in [0.1, 0.15) is 18.1 Å². The second kappa shape index (κ2) is 8.84. The Hall–Kier alpha value is -0.823. The van der Waals surface area contributed by atoms with Gasteiger partial charge in [-0.1, -0.05) is 64.1 Å². The summed E-state index contributed by atoms with van der Waals surface area (Å²) in [6, 6.07) is 1.62. The van der Waals surface area contributed by atoms with Crippen LogP contribution in [0.2, 0.25) is 10.1 Å². The van der Waals surface area contributed by atoms with Crippen molar-refractivity contribution in [3.63, 3.8) is 0 Å². The summed E-state index contributed by atoms with van der Waals surface area (Å²) in [6.45, 7) is 15.0. The Morgan fingerprint density at radius 3 is 2.45 bits per heavy atom. The van der Waals surface area contributed by atoms with Crippen LogP contribution in [-0.2, 0) is 18.4 Å². The van der Waals surface area contributed by atoms with E-state index in [2.05, 4.69) is 74.4 Å². The molecule has 3 heterocycles. The smallest absolute Gasteiger partial charge is 0.351 e. The number of alkyl halides is 1. The van der Waals surface area contributed by atoms with Crippen LogP contribution in [0.5, 0.6) is 0 Å². The van der Waals surface area contributed by atoms with Crippen molar-refractivity contribution in [1.82, 2.24) is 9.55 Å². The van der Waals surface area contributed by atoms with Gasteiger partial charge in [0, 0.05) is 33.5 Å². The summed E-state index contributed by atoms with van der Waals surface area (Å²) in [5.41, 5.74) is -0.454. The lowest BCUT2D eigenvalue weighted by atomic mass is 9.97. The van der Waals surface area contributed by atoms with Crippen LogP contribution in [0.3, 0.4) is 0 Å². The van der Waals surface area contributed by atoms with E-state index in [4.69, 9.17) is 13.6 Å². The quantitative estimate of drug-likeness (QED) is 0.339. The highest BCUT2D eigenvalue weighted by atomic mass is 127. The number of hydrogen-bond donors (Lipinski definition) is 1. The van der Waals surface area contributed by atoms with Gasteiger partial charge in [0.15, 0.2) is 0 Å². The molecular formula is C21H34IN3O5Si. The average molecular weight is 564 g/mol. The zero-order valence-corrected chi connectivity index (χ0v) is 22.6. The molecule has 0 aliphatic carbocycles. The van der Waals surface area contributed by atoms with Crippen LogP contribution in [0.25, 0.3) is 0 Å². The van der Waals surface area contributed by atoms with Gasteiger partial charge in [0.05, 0.1) is 12.7 Å². The standard InChI is InChI=1S/C21H34IN3O5Si/c1-13(26)23-16-9-11-25(19(27)24-16)18-14(8-10-22)17-15(29-18)12-28-31(30-17,20(2,3)4)21(5,6)7/h9,11,14-15,17-18H,8,10,12H2,1-7H3,(H,23,24,26,27)/t14-,15-,17+,18-/m1/s1. The van der Waals surface area contributed by atoms with Crippen LogP contribution in [-0.4, -0.2) is 47.3 Å². The van der Waals surface area contributed by atoms with Gasteiger partial charge in [-0.25, -0.2) is 4.79 Å². The van der Waals surface area contributed by atoms with Crippen molar-refractivity contribution in [2.45, 2.75) is 83.4 Å². The van der Waals surface area contributed by atoms with Gasteiger partial charge in [0.2, 0.25) is 5.91 Å². The molecule has 3 rings (SSSR count). The van der Waals surface area contributed by atoms with Crippen molar-refractivity contribution in [3.05, 3.63) is 22.7 Å². The first kappa shape index (κ1) is 24.8. The van der Waals surface area contributed by atoms with E-state index in [0.29, 0.717) is 6.61 Å². The molecule has 31 heavy (non-hydrogen) atoms. The lowest BCUT2D eigenvalue weighted by Gasteiger charge is -2.54. The molecule has 0 bridgehead atoms. The van der Waals surface area contributed by atoms with E-state index >= 15 is 0 Å². The van der Waals surface area contributed by atoms with E-state index < -0.39 is 20.5 Å². The summed E-state index contributed by atoms with van der Waals surface area (Å²) < 4.78 is 22.3. The maximum absolute atomic E-state index is 12.8. The third kappa shape index (κ3) is 4.64. The molecule has 0 radical (unpaired) electrons. The summed E-state index contributed by atoms with van der Waals surface area (Å²) in [7, 11) is -2.65. The molecule has 8 nitrogen and oxygen atoms in total. The number of ether oxygens (including phenoxy) is 1. The fourth-order valence-electron chi connectivity index (χ4n) is 4.99. The number of halogens is 1. The lowest BCUT2D eigenvalue weighted by Crippen LogP contribution is -2.64. The molecule has 1 aromatic rings. The van der Waals surface area contributed by atoms with E-state index in [-0.39, 0.29) is 39.9 Å². The highest BCUT2D eigenvalue weighted by Gasteiger charge is 2.64. The molecule has 10 heteroatoms. The zero-order chi connectivity index (χ0) is 23.2. The predicted molar refractivity (Wildman–Crippen MR) is 130 cm³/mol. The van der Waals surface area contributed by atoms with Crippen LogP contribution in [0.15, 0.2) is 17.1 Å². The number of nitrogens with one attached hydrogen (secondary N) is 1. The highest BCUT2D eigenvalue weighted by Crippen LogP contribution is 2.56. The molecule has 2 aliphatic rings. The van der Waals surface area contributed by atoms with Crippen molar-refractivity contribution in [2.24, 2.45) is 5.92 Å². The summed E-state index contributed by atoms with van der Waals surface area (Å²) in [5, 5.41) is 2.30. The van der Waals surface area contributed by atoms with E-state index in [1.807, 2.05) is 0 Å². The normalized spacial score (nSPS) is 28.3. The number of anilines is 1. The SMILES string of the molecule is CC(=O)Nc1ccn([C@@H]2O[C@@H]3CO[Si](C(C)(C)C)(C(C)(C)C)O[C@H]3[C@H]2CCI)c(=O)n1. The Balaban J connectivity index is 1.96. The number of carbonyl (C=O) groups excluding carboxylic acids is 1. The molecule has 0 unspecified atom stereocenters. The summed E-state index contributed by atoms with van der Waals surface area (Å²) >= 11 is 2.36. The van der Waals surface area contributed by atoms with Crippen molar-refractivity contribution in [1.29, 1.82) is 0 Å². The van der Waals surface area contributed by atoms with Gasteiger partial charge in [-0.05, 0) is 12.5 Å². The number of rotatable bonds is 4. The average Bonchev–Trinajstić information content (AvgIpc) is 2.97. The first-order chi connectivity index (χ1) is 14.3. The Kier molecular flexibility index (Phi) is 7.08. The summed E-state index contributed by atoms with van der Waals surface area (Å²) in [6.07, 6.45) is 1.64. The fraction of sp³-hybridized carbons (Fsp3) is 0.762. The predicted octanol–water partition coefficient (Wildman–Crippen LogP) is 4.00. The molecule has 174 valence electrons. The number of nitrogens with zero attached hydrogens (tertiary/aromatic N) is 2. The topological polar surface area (TPSA) is 91.7 Å². The number of carbonyl (C=O) groups is 1. The molecule has 2 aliphatic heterocycles. The Morgan fingerprint density at radius 1 is 1.29 bits per heavy atom. The summed E-state index contributed by atoms with van der Waals surface area (Å²) in [4.78, 5) is 28.1. The van der Waals surface area contributed by atoms with Crippen molar-refractivity contribution < 1.29 is 18.4 Å². The van der Waals surface area contributed by atoms with E-state index in [9.17, 15) is 9.59 Å². The minimum absolute atomic E-state index is 0.00786. The van der Waals surface area contributed by atoms with Crippen LogP contribution < -0.4 is 11.0 Å². The van der Waals surface area contributed by atoms with E-state index in [0.717, 1.165) is 10.8 Å². The van der Waals surface area contributed by atoms with Crippen LogP contribution in [0.4, 0.5) is 5.82 Å². The molecule has 0 spiro atoms. The molecule has 2 saturated heterocycles. The lowest BCUT2D eigenvalue weighted by molar-refractivity contribution is -0.114. The van der Waals surface area contributed by atoms with E-state index in [1.54, 1.807) is 12.3 Å². The molecule has 1 amide bonds. The molecule has 1 aromatic heterocycles. The first-order valence-electron chi connectivity index (χ1n) is 10.7. The van der Waals surface area contributed by atoms with Crippen molar-refractivity contribution in [3.8, 4) is 0 Å². The Morgan fingerprint density at radius 2 is 1.94 bits per heavy atom. The highest BCUT2D eigenvalue weighted by molar-refractivity contribution is 14.1. The Labute approximate surface area is 198 Å². The van der Waals surface area contributed by atoms with Crippen molar-refractivity contribution in [2.75, 3.05) is 16.4 Å². The maximum atomic E-state index is 12.8. The molecule has 1 N–H and O–H groups in total. The van der Waals surface area contributed by atoms with Gasteiger partial charge in [-0.2, -0.15) is 4.98 Å². The summed E-state index contributed by atoms with van der Waals surface area (Å²) in [5.74, 6) is -0.0265. The van der Waals surface area contributed by atoms with Crippen LogP contribution in [0, 0.1) is 5.92 Å². The largest absolute Gasteiger partial charge is 0.391 e. The maximum Gasteiger partial charge on any atom is 0.351 e. The minimum Gasteiger partial charge on any atom is -0.391 e. The fourth-order valence-corrected chi connectivity index (χ4v) is 10.7. The second-order valence-electron chi connectivity index (χ2n) is 10.4. The number of amides is 1. The molecule has 2 fully saturated rings. The van der Waals surface area contributed by atoms with Gasteiger partial charge in [-0.3, -0.25) is 9.36 Å². The third-order valence-corrected chi connectivity index (χ3v) is 11.8.